The van der Waals surface area contributed by atoms with Crippen molar-refractivity contribution in [3.63, 3.8) is 0 Å². The minimum Gasteiger partial charge on any atom is -0.396 e. The van der Waals surface area contributed by atoms with Crippen LogP contribution < -0.4 is 4.90 Å². The Kier molecular flexibility index (Phi) is 6.68. The average molecular weight is 530 g/mol. The fourth-order valence-corrected chi connectivity index (χ4v) is 6.14. The van der Waals surface area contributed by atoms with E-state index in [1.807, 2.05) is 23.1 Å². The van der Waals surface area contributed by atoms with Crippen LogP contribution in [-0.4, -0.2) is 66.3 Å². The number of hydrogen-bond acceptors (Lipinski definition) is 7. The lowest BCUT2D eigenvalue weighted by atomic mass is 9.95. The van der Waals surface area contributed by atoms with Crippen molar-refractivity contribution >= 4 is 29.4 Å². The number of para-hydroxylation sites is 1. The van der Waals surface area contributed by atoms with Crippen molar-refractivity contribution in [2.45, 2.75) is 38.0 Å². The molecule has 39 heavy (non-hydrogen) atoms. The molecule has 0 aromatic heterocycles. The number of ether oxygens (including phenoxy) is 2. The molecule has 0 atom stereocenters. The van der Waals surface area contributed by atoms with E-state index in [-0.39, 0.29) is 17.7 Å². The fraction of sp³-hybridized carbons (Fsp3) is 0.400. The molecule has 2 amide bonds. The highest BCUT2D eigenvalue weighted by molar-refractivity contribution is 6.01. The molecule has 2 aromatic carbocycles. The number of carbonyl (C=O) groups excluding carboxylic acids is 4. The zero-order valence-electron chi connectivity index (χ0n) is 21.7. The van der Waals surface area contributed by atoms with E-state index in [1.54, 1.807) is 24.3 Å². The molecule has 0 saturated carbocycles. The molecule has 0 bridgehead atoms. The number of carbonyl (C=O) groups is 4. The second-order valence-electron chi connectivity index (χ2n) is 10.5. The van der Waals surface area contributed by atoms with Crippen molar-refractivity contribution in [2.24, 2.45) is 5.92 Å². The zero-order chi connectivity index (χ0) is 27.0. The second-order valence-corrected chi connectivity index (χ2v) is 10.5. The number of amides is 2. The summed E-state index contributed by atoms with van der Waals surface area (Å²) in [7, 11) is 0. The van der Waals surface area contributed by atoms with Crippen LogP contribution in [0.25, 0.3) is 0 Å². The highest BCUT2D eigenvalue weighted by Crippen LogP contribution is 2.43. The van der Waals surface area contributed by atoms with Crippen molar-refractivity contribution in [3.05, 3.63) is 77.4 Å². The maximum absolute atomic E-state index is 13.4. The summed E-state index contributed by atoms with van der Waals surface area (Å²) in [6.45, 7) is 3.61. The summed E-state index contributed by atoms with van der Waals surface area (Å²) in [5, 5.41) is 0. The molecular weight excluding hydrogens is 498 g/mol. The van der Waals surface area contributed by atoms with E-state index in [0.29, 0.717) is 30.6 Å². The summed E-state index contributed by atoms with van der Waals surface area (Å²) in [6, 6.07) is 14.9. The summed E-state index contributed by atoms with van der Waals surface area (Å²) >= 11 is 0. The number of fused-ring (bicyclic) bond motifs is 3. The van der Waals surface area contributed by atoms with Crippen molar-refractivity contribution in [1.82, 2.24) is 9.80 Å². The van der Waals surface area contributed by atoms with Gasteiger partial charge in [-0.05, 0) is 75.0 Å². The number of benzene rings is 2. The fourth-order valence-electron chi connectivity index (χ4n) is 6.14. The van der Waals surface area contributed by atoms with Gasteiger partial charge in [-0.25, -0.2) is 9.59 Å². The van der Waals surface area contributed by atoms with Gasteiger partial charge in [-0.15, -0.1) is 0 Å². The van der Waals surface area contributed by atoms with Crippen LogP contribution >= 0.6 is 0 Å². The average Bonchev–Trinajstić information content (AvgIpc) is 3.05. The van der Waals surface area contributed by atoms with Crippen LogP contribution in [0.15, 0.2) is 60.7 Å². The molecule has 9 heteroatoms. The minimum atomic E-state index is -1.89. The molecule has 4 heterocycles. The standard InChI is InChI=1S/C30H31N3O6/c34-26-11-10-22-6-1-4-9-25(22)32(26)17-5-16-31-18-14-21(15-19-31)20-33-29(37)23-7-2-3-8-24(23)30(33)38-27(35)12-13-28(36)39-30/h1-4,6-9,12-13,21H,5,10-11,14-20H2. The molecule has 4 aliphatic rings. The van der Waals surface area contributed by atoms with Crippen molar-refractivity contribution < 1.29 is 28.7 Å². The Morgan fingerprint density at radius 1 is 0.821 bits per heavy atom. The first-order valence-corrected chi connectivity index (χ1v) is 13.6. The van der Waals surface area contributed by atoms with E-state index in [2.05, 4.69) is 11.0 Å². The zero-order valence-corrected chi connectivity index (χ0v) is 21.7. The lowest BCUT2D eigenvalue weighted by Crippen LogP contribution is -2.52. The van der Waals surface area contributed by atoms with E-state index in [4.69, 9.17) is 9.47 Å². The van der Waals surface area contributed by atoms with Gasteiger partial charge in [0.2, 0.25) is 5.91 Å². The maximum atomic E-state index is 13.4. The number of hydrogen-bond donors (Lipinski definition) is 0. The molecule has 1 spiro atoms. The Bertz CT molecular complexity index is 1330. The second kappa shape index (κ2) is 10.3. The van der Waals surface area contributed by atoms with Crippen LogP contribution in [0.5, 0.6) is 0 Å². The first-order chi connectivity index (χ1) is 18.9. The van der Waals surface area contributed by atoms with E-state index in [9.17, 15) is 19.2 Å². The summed E-state index contributed by atoms with van der Waals surface area (Å²) < 4.78 is 11.3. The molecule has 1 saturated heterocycles. The molecule has 202 valence electrons. The summed E-state index contributed by atoms with van der Waals surface area (Å²) in [6.07, 6.45) is 5.99. The van der Waals surface area contributed by atoms with E-state index in [1.165, 1.54) is 10.5 Å². The molecule has 1 fully saturated rings. The number of rotatable bonds is 6. The topological polar surface area (TPSA) is 96.5 Å². The SMILES string of the molecule is O=C1C=CC(=O)OC2(O1)c1ccccc1C(=O)N2CC1CCN(CCCN2C(=O)CCc3ccccc32)CC1. The van der Waals surface area contributed by atoms with Gasteiger partial charge in [0.25, 0.3) is 5.91 Å². The lowest BCUT2D eigenvalue weighted by molar-refractivity contribution is -0.275. The summed E-state index contributed by atoms with van der Waals surface area (Å²) in [5.41, 5.74) is 3.00. The number of piperidine rings is 1. The highest BCUT2D eigenvalue weighted by Gasteiger charge is 2.57. The number of esters is 2. The van der Waals surface area contributed by atoms with Gasteiger partial charge >= 0.3 is 17.8 Å². The molecule has 0 N–H and O–H groups in total. The van der Waals surface area contributed by atoms with Gasteiger partial charge in [0.1, 0.15) is 0 Å². The Hall–Kier alpha value is -3.98. The van der Waals surface area contributed by atoms with Gasteiger partial charge in [0.15, 0.2) is 0 Å². The third-order valence-electron chi connectivity index (χ3n) is 8.13. The predicted molar refractivity (Wildman–Crippen MR) is 141 cm³/mol. The number of nitrogens with zero attached hydrogens (tertiary/aromatic N) is 3. The van der Waals surface area contributed by atoms with Crippen LogP contribution in [-0.2, 0) is 36.2 Å². The highest BCUT2D eigenvalue weighted by atomic mass is 16.8. The lowest BCUT2D eigenvalue weighted by Gasteiger charge is -2.39. The van der Waals surface area contributed by atoms with Crippen LogP contribution in [0.1, 0.15) is 47.2 Å². The van der Waals surface area contributed by atoms with Gasteiger partial charge in [-0.2, -0.15) is 0 Å². The van der Waals surface area contributed by atoms with Gasteiger partial charge in [0, 0.05) is 37.3 Å². The van der Waals surface area contributed by atoms with Gasteiger partial charge in [0.05, 0.1) is 11.1 Å². The molecular formula is C30H31N3O6. The summed E-state index contributed by atoms with van der Waals surface area (Å²) in [5.74, 6) is -3.34. The normalized spacial score (nSPS) is 21.0. The van der Waals surface area contributed by atoms with Crippen molar-refractivity contribution in [2.75, 3.05) is 37.6 Å². The molecule has 9 nitrogen and oxygen atoms in total. The van der Waals surface area contributed by atoms with E-state index in [0.717, 1.165) is 63.2 Å². The molecule has 6 rings (SSSR count). The third kappa shape index (κ3) is 4.71. The Balaban J connectivity index is 1.08. The van der Waals surface area contributed by atoms with Gasteiger partial charge < -0.3 is 19.3 Å². The Morgan fingerprint density at radius 3 is 2.28 bits per heavy atom. The molecule has 0 unspecified atom stereocenters. The third-order valence-corrected chi connectivity index (χ3v) is 8.13. The quantitative estimate of drug-likeness (QED) is 0.531. The van der Waals surface area contributed by atoms with Crippen molar-refractivity contribution in [3.8, 4) is 0 Å². The van der Waals surface area contributed by atoms with Crippen LogP contribution in [0.4, 0.5) is 5.69 Å². The first-order valence-electron chi connectivity index (χ1n) is 13.6. The predicted octanol–water partition coefficient (Wildman–Crippen LogP) is 2.99. The summed E-state index contributed by atoms with van der Waals surface area (Å²) in [4.78, 5) is 56.5. The van der Waals surface area contributed by atoms with E-state index >= 15 is 0 Å². The molecule has 2 aromatic rings. The maximum Gasteiger partial charge on any atom is 0.375 e. The smallest absolute Gasteiger partial charge is 0.375 e. The minimum absolute atomic E-state index is 0.153. The number of anilines is 1. The van der Waals surface area contributed by atoms with E-state index < -0.39 is 17.8 Å². The van der Waals surface area contributed by atoms with Gasteiger partial charge in [-0.3, -0.25) is 14.5 Å². The first kappa shape index (κ1) is 25.3. The largest absolute Gasteiger partial charge is 0.396 e. The molecule has 0 aliphatic carbocycles. The van der Waals surface area contributed by atoms with Crippen LogP contribution in [0.3, 0.4) is 0 Å². The molecule has 0 radical (unpaired) electrons. The van der Waals surface area contributed by atoms with Crippen molar-refractivity contribution in [1.29, 1.82) is 0 Å². The van der Waals surface area contributed by atoms with Crippen LogP contribution in [0, 0.1) is 5.92 Å². The molecule has 4 aliphatic heterocycles. The number of likely N-dealkylation sites (tertiary alicyclic amines) is 1. The number of aryl methyl sites for hydroxylation is 1. The Morgan fingerprint density at radius 2 is 1.51 bits per heavy atom. The van der Waals surface area contributed by atoms with Crippen LogP contribution in [0.2, 0.25) is 0 Å². The Labute approximate surface area is 226 Å². The van der Waals surface area contributed by atoms with Gasteiger partial charge in [-0.1, -0.05) is 30.3 Å². The monoisotopic (exact) mass is 529 g/mol.